The van der Waals surface area contributed by atoms with E-state index in [1.165, 1.54) is 5.01 Å². The Bertz CT molecular complexity index is 468. The van der Waals surface area contributed by atoms with E-state index in [4.69, 9.17) is 17.0 Å². The van der Waals surface area contributed by atoms with Crippen molar-refractivity contribution in [1.29, 1.82) is 0 Å². The molecule has 0 saturated heterocycles. The Balaban J connectivity index is 2.32. The number of hydrogen-bond donors (Lipinski definition) is 2. The highest BCUT2D eigenvalue weighted by atomic mass is 79.9. The fraction of sp³-hybridized carbons (Fsp3) is 0.429. The molecule has 5 nitrogen and oxygen atoms in total. The van der Waals surface area contributed by atoms with Crippen molar-refractivity contribution >= 4 is 39.2 Å². The second-order valence-corrected chi connectivity index (χ2v) is 5.78. The van der Waals surface area contributed by atoms with E-state index in [0.717, 1.165) is 16.5 Å². The van der Waals surface area contributed by atoms with Crippen LogP contribution in [0.25, 0.3) is 0 Å². The number of ether oxygens (including phenoxy) is 1. The van der Waals surface area contributed by atoms with Crippen molar-refractivity contribution in [3.63, 3.8) is 0 Å². The molecule has 0 radical (unpaired) electrons. The van der Waals surface area contributed by atoms with Gasteiger partial charge in [0.1, 0.15) is 0 Å². The smallest absolute Gasteiger partial charge is 0.242 e. The summed E-state index contributed by atoms with van der Waals surface area (Å²) in [6, 6.07) is 7.64. The average Bonchev–Trinajstić information content (AvgIpc) is 2.45. The molecule has 1 rings (SSSR count). The van der Waals surface area contributed by atoms with Gasteiger partial charge in [-0.2, -0.15) is 0 Å². The minimum absolute atomic E-state index is 0.110. The molecule has 2 N–H and O–H groups in total. The molecular weight excluding hydrogens is 354 g/mol. The highest BCUT2D eigenvalue weighted by molar-refractivity contribution is 9.10. The van der Waals surface area contributed by atoms with Gasteiger partial charge in [0.05, 0.1) is 6.42 Å². The molecule has 1 amide bonds. The number of hydrazine groups is 1. The minimum atomic E-state index is -0.110. The first-order valence-electron chi connectivity index (χ1n) is 6.57. The molecule has 0 spiro atoms. The molecule has 0 saturated carbocycles. The third-order valence-corrected chi connectivity index (χ3v) is 3.62. The predicted molar refractivity (Wildman–Crippen MR) is 90.8 cm³/mol. The maximum Gasteiger partial charge on any atom is 0.242 e. The van der Waals surface area contributed by atoms with Crippen LogP contribution in [0.15, 0.2) is 28.7 Å². The normalized spacial score (nSPS) is 10.0. The number of amides is 1. The predicted octanol–water partition coefficient (Wildman–Crippen LogP) is 1.87. The Kier molecular flexibility index (Phi) is 8.26. The zero-order valence-electron chi connectivity index (χ0n) is 12.2. The lowest BCUT2D eigenvalue weighted by Crippen LogP contribution is -2.48. The van der Waals surface area contributed by atoms with Crippen LogP contribution in [0.2, 0.25) is 0 Å². The van der Waals surface area contributed by atoms with Gasteiger partial charge in [0.25, 0.3) is 0 Å². The van der Waals surface area contributed by atoms with Gasteiger partial charge in [-0.05, 0) is 36.3 Å². The van der Waals surface area contributed by atoms with Crippen molar-refractivity contribution in [2.24, 2.45) is 0 Å². The third kappa shape index (κ3) is 7.40. The van der Waals surface area contributed by atoms with Crippen LogP contribution in [0.1, 0.15) is 12.0 Å². The van der Waals surface area contributed by atoms with Crippen LogP contribution in [0.3, 0.4) is 0 Å². The Morgan fingerprint density at radius 3 is 2.67 bits per heavy atom. The monoisotopic (exact) mass is 373 g/mol. The largest absolute Gasteiger partial charge is 0.385 e. The second kappa shape index (κ2) is 9.70. The number of carbonyl (C=O) groups excluding carboxylic acids is 1. The molecule has 1 aromatic carbocycles. The van der Waals surface area contributed by atoms with Crippen LogP contribution in [0, 0.1) is 0 Å². The van der Waals surface area contributed by atoms with E-state index in [0.29, 0.717) is 24.7 Å². The lowest BCUT2D eigenvalue weighted by Gasteiger charge is -2.21. The van der Waals surface area contributed by atoms with Gasteiger partial charge in [-0.25, -0.2) is 0 Å². The third-order valence-electron chi connectivity index (χ3n) is 2.68. The maximum absolute atomic E-state index is 11.9. The number of benzene rings is 1. The van der Waals surface area contributed by atoms with Gasteiger partial charge in [-0.15, -0.1) is 0 Å². The fourth-order valence-corrected chi connectivity index (χ4v) is 2.01. The zero-order chi connectivity index (χ0) is 15.7. The number of thiocarbonyl (C=S) groups is 1. The van der Waals surface area contributed by atoms with Gasteiger partial charge in [0.2, 0.25) is 5.91 Å². The van der Waals surface area contributed by atoms with Gasteiger partial charge >= 0.3 is 0 Å². The Morgan fingerprint density at radius 2 is 2.05 bits per heavy atom. The van der Waals surface area contributed by atoms with Crippen molar-refractivity contribution in [1.82, 2.24) is 15.8 Å². The molecule has 0 aliphatic rings. The van der Waals surface area contributed by atoms with Crippen LogP contribution in [-0.2, 0) is 16.0 Å². The molecule has 0 atom stereocenters. The topological polar surface area (TPSA) is 53.6 Å². The first-order valence-corrected chi connectivity index (χ1v) is 7.77. The summed E-state index contributed by atoms with van der Waals surface area (Å²) >= 11 is 8.54. The summed E-state index contributed by atoms with van der Waals surface area (Å²) in [7, 11) is 3.37. The van der Waals surface area contributed by atoms with Crippen LogP contribution in [0.5, 0.6) is 0 Å². The maximum atomic E-state index is 11.9. The molecule has 21 heavy (non-hydrogen) atoms. The number of hydrogen-bond acceptors (Lipinski definition) is 3. The summed E-state index contributed by atoms with van der Waals surface area (Å²) in [4.78, 5) is 11.9. The number of carbonyl (C=O) groups is 1. The molecule has 0 bridgehead atoms. The first kappa shape index (κ1) is 17.9. The van der Waals surface area contributed by atoms with Crippen molar-refractivity contribution in [3.8, 4) is 0 Å². The number of methoxy groups -OCH3 is 1. The average molecular weight is 374 g/mol. The highest BCUT2D eigenvalue weighted by Gasteiger charge is 2.08. The van der Waals surface area contributed by atoms with Crippen molar-refractivity contribution in [2.45, 2.75) is 12.8 Å². The van der Waals surface area contributed by atoms with E-state index >= 15 is 0 Å². The van der Waals surface area contributed by atoms with E-state index < -0.39 is 0 Å². The molecular formula is C14H20BrN3O2S. The van der Waals surface area contributed by atoms with E-state index in [1.807, 2.05) is 24.3 Å². The van der Waals surface area contributed by atoms with Gasteiger partial charge in [0, 0.05) is 31.8 Å². The lowest BCUT2D eigenvalue weighted by molar-refractivity contribution is -0.123. The molecule has 0 fully saturated rings. The molecule has 116 valence electrons. The quantitative estimate of drug-likeness (QED) is 0.452. The van der Waals surface area contributed by atoms with E-state index in [2.05, 4.69) is 26.7 Å². The van der Waals surface area contributed by atoms with Gasteiger partial charge in [-0.1, -0.05) is 28.1 Å². The molecule has 0 heterocycles. The van der Waals surface area contributed by atoms with Crippen molar-refractivity contribution in [3.05, 3.63) is 34.3 Å². The molecule has 0 unspecified atom stereocenters. The summed E-state index contributed by atoms with van der Waals surface area (Å²) in [6.07, 6.45) is 1.17. The highest BCUT2D eigenvalue weighted by Crippen LogP contribution is 2.10. The Hall–Kier alpha value is -1.18. The van der Waals surface area contributed by atoms with Gasteiger partial charge < -0.3 is 10.1 Å². The van der Waals surface area contributed by atoms with Crippen LogP contribution in [0.4, 0.5) is 0 Å². The van der Waals surface area contributed by atoms with Crippen molar-refractivity contribution in [2.75, 3.05) is 27.3 Å². The number of halogens is 1. The molecule has 0 aliphatic carbocycles. The standard InChI is InChI=1S/C14H20BrN3O2S/c1-18(14(21)16-8-3-9-20-2)17-13(19)10-11-4-6-12(15)7-5-11/h4-7H,3,8-10H2,1-2H3,(H,16,21)(H,17,19). The summed E-state index contributed by atoms with van der Waals surface area (Å²) in [5, 5.41) is 5.05. The van der Waals surface area contributed by atoms with Crippen LogP contribution >= 0.6 is 28.1 Å². The van der Waals surface area contributed by atoms with Gasteiger partial charge in [0.15, 0.2) is 5.11 Å². The first-order chi connectivity index (χ1) is 10.0. The van der Waals surface area contributed by atoms with Crippen LogP contribution in [-0.4, -0.2) is 43.3 Å². The minimum Gasteiger partial charge on any atom is -0.385 e. The summed E-state index contributed by atoms with van der Waals surface area (Å²) in [5.41, 5.74) is 3.68. The summed E-state index contributed by atoms with van der Waals surface area (Å²) in [5.74, 6) is -0.110. The molecule has 0 aliphatic heterocycles. The van der Waals surface area contributed by atoms with E-state index in [1.54, 1.807) is 14.2 Å². The number of nitrogens with one attached hydrogen (secondary N) is 2. The summed E-state index contributed by atoms with van der Waals surface area (Å²) < 4.78 is 5.94. The fourth-order valence-electron chi connectivity index (χ4n) is 1.60. The number of nitrogens with zero attached hydrogens (tertiary/aromatic N) is 1. The van der Waals surface area contributed by atoms with E-state index in [9.17, 15) is 4.79 Å². The number of rotatable bonds is 6. The molecule has 7 heteroatoms. The Morgan fingerprint density at radius 1 is 1.38 bits per heavy atom. The molecule has 0 aromatic heterocycles. The zero-order valence-corrected chi connectivity index (χ0v) is 14.6. The SMILES string of the molecule is COCCCNC(=S)N(C)NC(=O)Cc1ccc(Br)cc1. The molecule has 1 aromatic rings. The second-order valence-electron chi connectivity index (χ2n) is 4.48. The lowest BCUT2D eigenvalue weighted by atomic mass is 10.1. The van der Waals surface area contributed by atoms with E-state index in [-0.39, 0.29) is 5.91 Å². The van der Waals surface area contributed by atoms with Gasteiger partial charge in [-0.3, -0.25) is 15.2 Å². The van der Waals surface area contributed by atoms with Crippen LogP contribution < -0.4 is 10.7 Å². The van der Waals surface area contributed by atoms with Crippen molar-refractivity contribution < 1.29 is 9.53 Å². The Labute approximate surface area is 139 Å². The summed E-state index contributed by atoms with van der Waals surface area (Å²) in [6.45, 7) is 1.38.